The smallest absolute Gasteiger partial charge is 0.161 e. The summed E-state index contributed by atoms with van der Waals surface area (Å²) in [6.07, 6.45) is 3.90. The Kier molecular flexibility index (Phi) is 3.62. The Labute approximate surface area is 113 Å². The second-order valence-corrected chi connectivity index (χ2v) is 5.51. The second kappa shape index (κ2) is 5.39. The summed E-state index contributed by atoms with van der Waals surface area (Å²) in [5.74, 6) is 1.66. The van der Waals surface area contributed by atoms with Crippen LogP contribution in [0.4, 0.5) is 0 Å². The monoisotopic (exact) mass is 263 g/mol. The Morgan fingerprint density at radius 1 is 1.11 bits per heavy atom. The summed E-state index contributed by atoms with van der Waals surface area (Å²) in [6, 6.07) is 6.04. The van der Waals surface area contributed by atoms with Crippen molar-refractivity contribution in [1.82, 2.24) is 5.32 Å². The van der Waals surface area contributed by atoms with Crippen LogP contribution >= 0.6 is 0 Å². The van der Waals surface area contributed by atoms with E-state index in [0.29, 0.717) is 13.2 Å². The van der Waals surface area contributed by atoms with Gasteiger partial charge in [0.25, 0.3) is 0 Å². The third-order valence-corrected chi connectivity index (χ3v) is 3.88. The quantitative estimate of drug-likeness (QED) is 0.870. The van der Waals surface area contributed by atoms with Gasteiger partial charge < -0.3 is 19.9 Å². The summed E-state index contributed by atoms with van der Waals surface area (Å²) >= 11 is 0. The molecule has 0 amide bonds. The Hall–Kier alpha value is -1.26. The molecule has 1 heterocycles. The fraction of sp³-hybridized carbons (Fsp3) is 0.600. The number of hydrogen-bond donors (Lipinski definition) is 2. The molecule has 1 aromatic carbocycles. The number of benzene rings is 1. The summed E-state index contributed by atoms with van der Waals surface area (Å²) in [5, 5.41) is 13.3. The molecule has 0 aromatic heterocycles. The first-order valence-electron chi connectivity index (χ1n) is 7.07. The molecule has 1 fully saturated rings. The van der Waals surface area contributed by atoms with E-state index in [-0.39, 0.29) is 0 Å². The van der Waals surface area contributed by atoms with Gasteiger partial charge in [0.05, 0.1) is 18.8 Å². The maximum Gasteiger partial charge on any atom is 0.161 e. The van der Waals surface area contributed by atoms with E-state index in [9.17, 15) is 5.11 Å². The molecule has 0 radical (unpaired) electrons. The summed E-state index contributed by atoms with van der Waals surface area (Å²) in [7, 11) is 0. The van der Waals surface area contributed by atoms with Crippen LogP contribution < -0.4 is 14.8 Å². The Balaban J connectivity index is 1.57. The van der Waals surface area contributed by atoms with Gasteiger partial charge in [-0.05, 0) is 37.0 Å². The molecule has 1 saturated carbocycles. The number of ether oxygens (including phenoxy) is 2. The number of aliphatic hydroxyl groups is 1. The van der Waals surface area contributed by atoms with Crippen molar-refractivity contribution in [3.8, 4) is 11.5 Å². The molecule has 1 aromatic rings. The van der Waals surface area contributed by atoms with Gasteiger partial charge in [0.15, 0.2) is 11.5 Å². The van der Waals surface area contributed by atoms with Crippen LogP contribution in [0.15, 0.2) is 18.2 Å². The lowest BCUT2D eigenvalue weighted by molar-refractivity contribution is -0.0314. The number of rotatable bonds is 4. The summed E-state index contributed by atoms with van der Waals surface area (Å²) in [5.41, 5.74) is 0.692. The van der Waals surface area contributed by atoms with Gasteiger partial charge in [0, 0.05) is 19.5 Å². The van der Waals surface area contributed by atoms with E-state index >= 15 is 0 Å². The number of hydrogen-bond acceptors (Lipinski definition) is 4. The van der Waals surface area contributed by atoms with Crippen molar-refractivity contribution in [3.05, 3.63) is 23.8 Å². The van der Waals surface area contributed by atoms with E-state index in [4.69, 9.17) is 9.47 Å². The Morgan fingerprint density at radius 3 is 2.63 bits per heavy atom. The molecule has 4 nitrogen and oxygen atoms in total. The van der Waals surface area contributed by atoms with Gasteiger partial charge in [-0.2, -0.15) is 0 Å². The molecule has 2 aliphatic rings. The lowest BCUT2D eigenvalue weighted by Gasteiger charge is -2.36. The average Bonchev–Trinajstić information content (AvgIpc) is 2.61. The molecular weight excluding hydrogens is 242 g/mol. The van der Waals surface area contributed by atoms with Crippen LogP contribution in [0.5, 0.6) is 11.5 Å². The summed E-state index contributed by atoms with van der Waals surface area (Å²) < 4.78 is 11.3. The molecule has 2 N–H and O–H groups in total. The third-order valence-electron chi connectivity index (χ3n) is 3.88. The van der Waals surface area contributed by atoms with E-state index in [1.165, 1.54) is 0 Å². The molecule has 3 rings (SSSR count). The SMILES string of the molecule is OC1(CNCc2ccc3c(c2)OCCCO3)CCC1. The van der Waals surface area contributed by atoms with E-state index in [1.54, 1.807) is 0 Å². The van der Waals surface area contributed by atoms with Crippen molar-refractivity contribution >= 4 is 0 Å². The first kappa shape index (κ1) is 12.8. The van der Waals surface area contributed by atoms with Crippen molar-refractivity contribution in [3.63, 3.8) is 0 Å². The highest BCUT2D eigenvalue weighted by atomic mass is 16.5. The molecular formula is C15H21NO3. The first-order chi connectivity index (χ1) is 9.25. The van der Waals surface area contributed by atoms with Crippen molar-refractivity contribution in [2.75, 3.05) is 19.8 Å². The van der Waals surface area contributed by atoms with Gasteiger partial charge in [0.1, 0.15) is 0 Å². The standard InChI is InChI=1S/C15H21NO3/c17-15(5-1-6-15)11-16-10-12-3-4-13-14(9-12)19-8-2-7-18-13/h3-4,9,16-17H,1-2,5-8,10-11H2. The minimum Gasteiger partial charge on any atom is -0.490 e. The lowest BCUT2D eigenvalue weighted by atomic mass is 9.80. The molecule has 1 aliphatic carbocycles. The molecule has 1 aliphatic heterocycles. The van der Waals surface area contributed by atoms with Crippen molar-refractivity contribution in [1.29, 1.82) is 0 Å². The van der Waals surface area contributed by atoms with Crippen molar-refractivity contribution in [2.24, 2.45) is 0 Å². The highest BCUT2D eigenvalue weighted by Gasteiger charge is 2.33. The van der Waals surface area contributed by atoms with Crippen LogP contribution in [-0.2, 0) is 6.54 Å². The van der Waals surface area contributed by atoms with Crippen LogP contribution in [0, 0.1) is 0 Å². The molecule has 0 spiro atoms. The van der Waals surface area contributed by atoms with E-state index in [2.05, 4.69) is 5.32 Å². The van der Waals surface area contributed by atoms with Crippen LogP contribution in [-0.4, -0.2) is 30.5 Å². The van der Waals surface area contributed by atoms with Crippen LogP contribution in [0.25, 0.3) is 0 Å². The van der Waals surface area contributed by atoms with Crippen LogP contribution in [0.1, 0.15) is 31.2 Å². The molecule has 4 heteroatoms. The Bertz CT molecular complexity index is 443. The second-order valence-electron chi connectivity index (χ2n) is 5.51. The van der Waals surface area contributed by atoms with Gasteiger partial charge in [-0.1, -0.05) is 6.07 Å². The fourth-order valence-electron chi connectivity index (χ4n) is 2.52. The normalized spacial score (nSPS) is 20.5. The summed E-state index contributed by atoms with van der Waals surface area (Å²) in [6.45, 7) is 2.85. The summed E-state index contributed by atoms with van der Waals surface area (Å²) in [4.78, 5) is 0. The largest absolute Gasteiger partial charge is 0.490 e. The molecule has 0 saturated heterocycles. The topological polar surface area (TPSA) is 50.7 Å². The van der Waals surface area contributed by atoms with E-state index in [0.717, 1.165) is 55.9 Å². The molecule has 19 heavy (non-hydrogen) atoms. The molecule has 0 bridgehead atoms. The van der Waals surface area contributed by atoms with Crippen molar-refractivity contribution in [2.45, 2.75) is 37.8 Å². The van der Waals surface area contributed by atoms with Gasteiger partial charge in [0.2, 0.25) is 0 Å². The van der Waals surface area contributed by atoms with Crippen LogP contribution in [0.3, 0.4) is 0 Å². The predicted molar refractivity (Wildman–Crippen MR) is 72.6 cm³/mol. The van der Waals surface area contributed by atoms with Gasteiger partial charge in [-0.3, -0.25) is 0 Å². The number of fused-ring (bicyclic) bond motifs is 1. The predicted octanol–water partition coefficient (Wildman–Crippen LogP) is 1.85. The minimum atomic E-state index is -0.467. The molecule has 0 atom stereocenters. The fourth-order valence-corrected chi connectivity index (χ4v) is 2.52. The zero-order valence-electron chi connectivity index (χ0n) is 11.2. The highest BCUT2D eigenvalue weighted by molar-refractivity contribution is 5.43. The molecule has 0 unspecified atom stereocenters. The van der Waals surface area contributed by atoms with E-state index in [1.807, 2.05) is 18.2 Å². The highest BCUT2D eigenvalue weighted by Crippen LogP contribution is 2.32. The molecule has 104 valence electrons. The lowest BCUT2D eigenvalue weighted by Crippen LogP contribution is -2.45. The average molecular weight is 263 g/mol. The Morgan fingerprint density at radius 2 is 1.89 bits per heavy atom. The first-order valence-corrected chi connectivity index (χ1v) is 7.07. The van der Waals surface area contributed by atoms with Crippen molar-refractivity contribution < 1.29 is 14.6 Å². The van der Waals surface area contributed by atoms with Crippen LogP contribution in [0.2, 0.25) is 0 Å². The van der Waals surface area contributed by atoms with E-state index < -0.39 is 5.60 Å². The zero-order chi connectivity index (χ0) is 13.1. The van der Waals surface area contributed by atoms with Gasteiger partial charge >= 0.3 is 0 Å². The minimum absolute atomic E-state index is 0.467. The number of nitrogens with one attached hydrogen (secondary N) is 1. The van der Waals surface area contributed by atoms with Gasteiger partial charge in [-0.25, -0.2) is 0 Å². The maximum absolute atomic E-state index is 10.0. The zero-order valence-corrected chi connectivity index (χ0v) is 11.2. The maximum atomic E-state index is 10.0. The third kappa shape index (κ3) is 3.01. The van der Waals surface area contributed by atoms with Gasteiger partial charge in [-0.15, -0.1) is 0 Å².